The average molecular weight is 400 g/mol. The summed E-state index contributed by atoms with van der Waals surface area (Å²) >= 11 is 0. The molecule has 2 aromatic carbocycles. The number of nitrogens with two attached hydrogens (primary N) is 1. The fourth-order valence-corrected chi connectivity index (χ4v) is 3.93. The second-order valence-electron chi connectivity index (χ2n) is 7.65. The number of aromatic nitrogens is 2. The molecule has 30 heavy (non-hydrogen) atoms. The van der Waals surface area contributed by atoms with Crippen molar-refractivity contribution in [3.05, 3.63) is 77.6 Å². The number of aryl methyl sites for hydroxylation is 1. The average Bonchev–Trinajstić information content (AvgIpc) is 2.78. The van der Waals surface area contributed by atoms with Gasteiger partial charge < -0.3 is 10.6 Å². The van der Waals surface area contributed by atoms with Gasteiger partial charge in [-0.2, -0.15) is 0 Å². The Morgan fingerprint density at radius 1 is 1.00 bits per heavy atom. The van der Waals surface area contributed by atoms with Crippen LogP contribution in [0, 0.1) is 12.8 Å². The molecule has 2 N–H and O–H groups in total. The molecule has 1 amide bonds. The van der Waals surface area contributed by atoms with Crippen LogP contribution in [0.25, 0.3) is 11.1 Å². The van der Waals surface area contributed by atoms with Gasteiger partial charge >= 0.3 is 0 Å². The molecule has 1 aliphatic rings. The Morgan fingerprint density at radius 2 is 1.70 bits per heavy atom. The number of likely N-dealkylation sites (tertiary alicyclic amines) is 1. The van der Waals surface area contributed by atoms with Crippen molar-refractivity contribution in [3.63, 3.8) is 0 Å². The van der Waals surface area contributed by atoms with Crippen LogP contribution >= 0.6 is 0 Å². The number of ketones is 1. The van der Waals surface area contributed by atoms with Crippen molar-refractivity contribution in [1.29, 1.82) is 0 Å². The number of rotatable bonds is 4. The Labute approximate surface area is 175 Å². The van der Waals surface area contributed by atoms with Crippen molar-refractivity contribution in [2.24, 2.45) is 5.92 Å². The van der Waals surface area contributed by atoms with E-state index in [4.69, 9.17) is 5.73 Å². The number of anilines is 1. The van der Waals surface area contributed by atoms with E-state index in [0.717, 1.165) is 24.0 Å². The highest BCUT2D eigenvalue weighted by Crippen LogP contribution is 2.25. The van der Waals surface area contributed by atoms with Crippen LogP contribution in [0.15, 0.2) is 60.7 Å². The lowest BCUT2D eigenvalue weighted by atomic mass is 9.89. The first-order chi connectivity index (χ1) is 14.5. The number of nitrogen functional groups attached to an aromatic ring is 1. The summed E-state index contributed by atoms with van der Waals surface area (Å²) in [6.45, 7) is 2.77. The molecule has 1 unspecified atom stereocenters. The van der Waals surface area contributed by atoms with E-state index in [1.807, 2.05) is 54.6 Å². The third-order valence-electron chi connectivity index (χ3n) is 5.45. The summed E-state index contributed by atoms with van der Waals surface area (Å²) in [5.74, 6) is -0.262. The summed E-state index contributed by atoms with van der Waals surface area (Å²) in [5.41, 5.74) is 9.48. The number of benzene rings is 2. The second kappa shape index (κ2) is 8.45. The number of carbonyl (C=O) groups is 2. The van der Waals surface area contributed by atoms with E-state index in [-0.39, 0.29) is 29.3 Å². The molecule has 2 heterocycles. The van der Waals surface area contributed by atoms with E-state index < -0.39 is 0 Å². The van der Waals surface area contributed by atoms with Crippen molar-refractivity contribution >= 4 is 17.6 Å². The maximum Gasteiger partial charge on any atom is 0.272 e. The lowest BCUT2D eigenvalue weighted by Gasteiger charge is -2.32. The molecule has 0 bridgehead atoms. The largest absolute Gasteiger partial charge is 0.368 e. The van der Waals surface area contributed by atoms with Gasteiger partial charge in [-0.05, 0) is 37.0 Å². The zero-order valence-electron chi connectivity index (χ0n) is 16.9. The van der Waals surface area contributed by atoms with E-state index in [2.05, 4.69) is 9.97 Å². The van der Waals surface area contributed by atoms with E-state index in [1.54, 1.807) is 17.9 Å². The van der Waals surface area contributed by atoms with Crippen molar-refractivity contribution in [2.45, 2.75) is 19.8 Å². The molecular formula is C24H24N4O2. The minimum Gasteiger partial charge on any atom is -0.368 e. The molecule has 1 saturated heterocycles. The molecule has 0 aliphatic carbocycles. The summed E-state index contributed by atoms with van der Waals surface area (Å²) in [6, 6.07) is 19.4. The number of hydrogen-bond donors (Lipinski definition) is 1. The van der Waals surface area contributed by atoms with Gasteiger partial charge in [0.15, 0.2) is 5.78 Å². The highest BCUT2D eigenvalue weighted by atomic mass is 16.2. The quantitative estimate of drug-likeness (QED) is 0.674. The van der Waals surface area contributed by atoms with Crippen LogP contribution in [-0.4, -0.2) is 39.6 Å². The SMILES string of the molecule is Cc1cc(C(=O)N2CCCC(C(=O)c3ccc(-c4ccccc4)cc3)C2)nc(N)n1. The zero-order chi connectivity index (χ0) is 21.1. The fourth-order valence-electron chi connectivity index (χ4n) is 3.93. The first-order valence-electron chi connectivity index (χ1n) is 10.1. The predicted octanol–water partition coefficient (Wildman–Crippen LogP) is 3.77. The van der Waals surface area contributed by atoms with Gasteiger partial charge in [-0.3, -0.25) is 9.59 Å². The summed E-state index contributed by atoms with van der Waals surface area (Å²) in [5, 5.41) is 0. The fraction of sp³-hybridized carbons (Fsp3) is 0.250. The van der Waals surface area contributed by atoms with Gasteiger partial charge in [0.05, 0.1) is 0 Å². The van der Waals surface area contributed by atoms with Gasteiger partial charge in [-0.15, -0.1) is 0 Å². The lowest BCUT2D eigenvalue weighted by Crippen LogP contribution is -2.42. The summed E-state index contributed by atoms with van der Waals surface area (Å²) in [6.07, 6.45) is 1.55. The minimum absolute atomic E-state index is 0.0745. The molecule has 0 radical (unpaired) electrons. The van der Waals surface area contributed by atoms with E-state index in [1.165, 1.54) is 0 Å². The Morgan fingerprint density at radius 3 is 2.40 bits per heavy atom. The molecule has 1 aromatic heterocycles. The molecular weight excluding hydrogens is 376 g/mol. The third-order valence-corrected chi connectivity index (χ3v) is 5.45. The predicted molar refractivity (Wildman–Crippen MR) is 116 cm³/mol. The number of amides is 1. The van der Waals surface area contributed by atoms with E-state index >= 15 is 0 Å². The molecule has 1 fully saturated rings. The molecule has 3 aromatic rings. The summed E-state index contributed by atoms with van der Waals surface area (Å²) < 4.78 is 0. The van der Waals surface area contributed by atoms with Gasteiger partial charge in [0, 0.05) is 30.3 Å². The van der Waals surface area contributed by atoms with Crippen molar-refractivity contribution < 1.29 is 9.59 Å². The molecule has 1 aliphatic heterocycles. The molecule has 4 rings (SSSR count). The highest BCUT2D eigenvalue weighted by Gasteiger charge is 2.30. The van der Waals surface area contributed by atoms with Crippen LogP contribution in [-0.2, 0) is 0 Å². The normalized spacial score (nSPS) is 16.3. The topological polar surface area (TPSA) is 89.2 Å². The molecule has 0 saturated carbocycles. The lowest BCUT2D eigenvalue weighted by molar-refractivity contribution is 0.0632. The van der Waals surface area contributed by atoms with Crippen molar-refractivity contribution in [1.82, 2.24) is 14.9 Å². The maximum atomic E-state index is 13.1. The first kappa shape index (κ1) is 19.8. The zero-order valence-corrected chi connectivity index (χ0v) is 16.9. The van der Waals surface area contributed by atoms with Gasteiger partial charge in [0.25, 0.3) is 5.91 Å². The Hall–Kier alpha value is -3.54. The third kappa shape index (κ3) is 4.22. The molecule has 0 spiro atoms. The van der Waals surface area contributed by atoms with Crippen LogP contribution in [0.4, 0.5) is 5.95 Å². The van der Waals surface area contributed by atoms with Crippen molar-refractivity contribution in [3.8, 4) is 11.1 Å². The highest BCUT2D eigenvalue weighted by molar-refractivity contribution is 5.99. The van der Waals surface area contributed by atoms with E-state index in [0.29, 0.717) is 24.3 Å². The van der Waals surface area contributed by atoms with Crippen LogP contribution < -0.4 is 5.73 Å². The van der Waals surface area contributed by atoms with Gasteiger partial charge in [0.2, 0.25) is 5.95 Å². The standard InChI is InChI=1S/C24H24N4O2/c1-16-14-21(27-24(25)26-16)23(30)28-13-5-8-20(15-28)22(29)19-11-9-18(10-12-19)17-6-3-2-4-7-17/h2-4,6-7,9-12,14,20H,5,8,13,15H2,1H3,(H2,25,26,27). The smallest absolute Gasteiger partial charge is 0.272 e. The molecule has 6 heteroatoms. The number of nitrogens with zero attached hydrogens (tertiary/aromatic N) is 3. The Balaban J connectivity index is 1.47. The van der Waals surface area contributed by atoms with Crippen LogP contribution in [0.1, 0.15) is 39.4 Å². The second-order valence-corrected chi connectivity index (χ2v) is 7.65. The molecule has 1 atom stereocenters. The van der Waals surface area contributed by atoms with Crippen LogP contribution in [0.5, 0.6) is 0 Å². The van der Waals surface area contributed by atoms with Gasteiger partial charge in [-0.25, -0.2) is 9.97 Å². The first-order valence-corrected chi connectivity index (χ1v) is 10.1. The number of piperidine rings is 1. The maximum absolute atomic E-state index is 13.1. The number of hydrogen-bond acceptors (Lipinski definition) is 5. The summed E-state index contributed by atoms with van der Waals surface area (Å²) in [7, 11) is 0. The number of carbonyl (C=O) groups excluding carboxylic acids is 2. The molecule has 152 valence electrons. The van der Waals surface area contributed by atoms with Gasteiger partial charge in [-0.1, -0.05) is 54.6 Å². The Bertz CT molecular complexity index is 1040. The minimum atomic E-state index is -0.217. The van der Waals surface area contributed by atoms with Crippen molar-refractivity contribution in [2.75, 3.05) is 18.8 Å². The monoisotopic (exact) mass is 400 g/mol. The van der Waals surface area contributed by atoms with Crippen LogP contribution in [0.2, 0.25) is 0 Å². The summed E-state index contributed by atoms with van der Waals surface area (Å²) in [4.78, 5) is 35.7. The molecule has 6 nitrogen and oxygen atoms in total. The van der Waals surface area contributed by atoms with E-state index in [9.17, 15) is 9.59 Å². The van der Waals surface area contributed by atoms with Crippen LogP contribution in [0.3, 0.4) is 0 Å². The number of Topliss-reactive ketones (excluding diaryl/α,β-unsaturated/α-hetero) is 1. The Kier molecular flexibility index (Phi) is 5.57. The van der Waals surface area contributed by atoms with Gasteiger partial charge in [0.1, 0.15) is 5.69 Å².